The van der Waals surface area contributed by atoms with Crippen LogP contribution in [0.3, 0.4) is 0 Å². The molecule has 1 atom stereocenters. The molecule has 0 radical (unpaired) electrons. The first-order valence-electron chi connectivity index (χ1n) is 8.90. The van der Waals surface area contributed by atoms with E-state index in [0.29, 0.717) is 6.54 Å². The van der Waals surface area contributed by atoms with E-state index in [1.807, 2.05) is 24.8 Å². The van der Waals surface area contributed by atoms with E-state index >= 15 is 0 Å². The van der Waals surface area contributed by atoms with Crippen LogP contribution in [-0.2, 0) is 10.2 Å². The Labute approximate surface area is 149 Å². The SMILES string of the molecule is CC(O)/C(=C\N(CC1(c2cccc(F)c2)CCCC1)C(C)C)C(=O)O. The van der Waals surface area contributed by atoms with Gasteiger partial charge in [0.05, 0.1) is 11.7 Å². The van der Waals surface area contributed by atoms with Gasteiger partial charge in [0, 0.05) is 24.2 Å². The predicted molar refractivity (Wildman–Crippen MR) is 95.8 cm³/mol. The van der Waals surface area contributed by atoms with E-state index in [9.17, 15) is 19.4 Å². The van der Waals surface area contributed by atoms with Gasteiger partial charge < -0.3 is 15.1 Å². The zero-order chi connectivity index (χ0) is 18.6. The number of benzene rings is 1. The van der Waals surface area contributed by atoms with E-state index in [1.165, 1.54) is 13.0 Å². The Morgan fingerprint density at radius 3 is 2.44 bits per heavy atom. The molecular formula is C20H28FNO3. The molecule has 1 aliphatic rings. The van der Waals surface area contributed by atoms with Crippen LogP contribution >= 0.6 is 0 Å². The highest BCUT2D eigenvalue weighted by molar-refractivity contribution is 5.87. The van der Waals surface area contributed by atoms with Crippen LogP contribution in [0.5, 0.6) is 0 Å². The molecule has 0 bridgehead atoms. The average Bonchev–Trinajstić information content (AvgIpc) is 3.00. The number of hydrogen-bond donors (Lipinski definition) is 2. The number of rotatable bonds is 7. The van der Waals surface area contributed by atoms with Crippen molar-refractivity contribution < 1.29 is 19.4 Å². The van der Waals surface area contributed by atoms with Gasteiger partial charge in [-0.2, -0.15) is 0 Å². The summed E-state index contributed by atoms with van der Waals surface area (Å²) in [5, 5.41) is 19.1. The van der Waals surface area contributed by atoms with Gasteiger partial charge in [-0.3, -0.25) is 0 Å². The molecule has 1 aromatic rings. The Morgan fingerprint density at radius 2 is 1.96 bits per heavy atom. The van der Waals surface area contributed by atoms with E-state index in [1.54, 1.807) is 18.3 Å². The molecule has 0 spiro atoms. The summed E-state index contributed by atoms with van der Waals surface area (Å²) in [7, 11) is 0. The smallest absolute Gasteiger partial charge is 0.335 e. The molecule has 0 aromatic heterocycles. The van der Waals surface area contributed by atoms with Gasteiger partial charge in [0.2, 0.25) is 0 Å². The number of halogens is 1. The van der Waals surface area contributed by atoms with Gasteiger partial charge in [-0.1, -0.05) is 25.0 Å². The fraction of sp³-hybridized carbons (Fsp3) is 0.550. The van der Waals surface area contributed by atoms with E-state index in [4.69, 9.17) is 0 Å². The first kappa shape index (κ1) is 19.4. The average molecular weight is 349 g/mol. The Bertz CT molecular complexity index is 634. The van der Waals surface area contributed by atoms with Crippen molar-refractivity contribution in [3.8, 4) is 0 Å². The van der Waals surface area contributed by atoms with Crippen LogP contribution in [0.25, 0.3) is 0 Å². The van der Waals surface area contributed by atoms with Crippen LogP contribution in [0, 0.1) is 5.82 Å². The molecule has 25 heavy (non-hydrogen) atoms. The molecule has 1 aliphatic carbocycles. The molecule has 0 aliphatic heterocycles. The second-order valence-electron chi connectivity index (χ2n) is 7.33. The quantitative estimate of drug-likeness (QED) is 0.737. The van der Waals surface area contributed by atoms with Gasteiger partial charge in [0.25, 0.3) is 0 Å². The van der Waals surface area contributed by atoms with Crippen LogP contribution in [0.1, 0.15) is 52.0 Å². The van der Waals surface area contributed by atoms with E-state index in [0.717, 1.165) is 31.2 Å². The Balaban J connectivity index is 2.38. The molecular weight excluding hydrogens is 321 g/mol. The number of nitrogens with zero attached hydrogens (tertiary/aromatic N) is 1. The van der Waals surface area contributed by atoms with Crippen molar-refractivity contribution in [2.75, 3.05) is 6.54 Å². The van der Waals surface area contributed by atoms with Gasteiger partial charge in [0.1, 0.15) is 5.82 Å². The minimum atomic E-state index is -1.12. The predicted octanol–water partition coefficient (Wildman–Crippen LogP) is 3.70. The molecule has 0 amide bonds. The summed E-state index contributed by atoms with van der Waals surface area (Å²) < 4.78 is 13.8. The number of aliphatic carboxylic acids is 1. The Morgan fingerprint density at radius 1 is 1.32 bits per heavy atom. The summed E-state index contributed by atoms with van der Waals surface area (Å²) in [6, 6.07) is 6.81. The highest BCUT2D eigenvalue weighted by Crippen LogP contribution is 2.42. The fourth-order valence-corrected chi connectivity index (χ4v) is 3.66. The third-order valence-corrected chi connectivity index (χ3v) is 5.15. The lowest BCUT2D eigenvalue weighted by Crippen LogP contribution is -2.40. The number of carbonyl (C=O) groups is 1. The van der Waals surface area contributed by atoms with Gasteiger partial charge in [-0.15, -0.1) is 0 Å². The Kier molecular flexibility index (Phi) is 6.22. The van der Waals surface area contributed by atoms with Crippen LogP contribution < -0.4 is 0 Å². The van der Waals surface area contributed by atoms with Crippen molar-refractivity contribution in [2.45, 2.75) is 64.0 Å². The number of carboxylic acids is 1. The lowest BCUT2D eigenvalue weighted by atomic mass is 9.78. The second kappa shape index (κ2) is 8.00. The Hall–Kier alpha value is -1.88. The van der Waals surface area contributed by atoms with Gasteiger partial charge in [-0.05, 0) is 51.3 Å². The van der Waals surface area contributed by atoms with Crippen molar-refractivity contribution in [1.82, 2.24) is 4.90 Å². The third kappa shape index (κ3) is 4.60. The first-order valence-corrected chi connectivity index (χ1v) is 8.90. The van der Waals surface area contributed by atoms with Crippen LogP contribution in [0.4, 0.5) is 4.39 Å². The van der Waals surface area contributed by atoms with E-state index < -0.39 is 12.1 Å². The summed E-state index contributed by atoms with van der Waals surface area (Å²) in [4.78, 5) is 13.4. The molecule has 1 unspecified atom stereocenters. The molecule has 1 aromatic carbocycles. The van der Waals surface area contributed by atoms with Crippen molar-refractivity contribution in [3.05, 3.63) is 47.4 Å². The van der Waals surface area contributed by atoms with E-state index in [-0.39, 0.29) is 22.8 Å². The highest BCUT2D eigenvalue weighted by atomic mass is 19.1. The number of carboxylic acid groups (broad SMARTS) is 1. The molecule has 1 saturated carbocycles. The second-order valence-corrected chi connectivity index (χ2v) is 7.33. The van der Waals surface area contributed by atoms with Gasteiger partial charge in [-0.25, -0.2) is 9.18 Å². The maximum absolute atomic E-state index is 13.8. The van der Waals surface area contributed by atoms with Crippen LogP contribution in [0.2, 0.25) is 0 Å². The molecule has 4 nitrogen and oxygen atoms in total. The molecule has 1 fully saturated rings. The summed E-state index contributed by atoms with van der Waals surface area (Å²) in [6.07, 6.45) is 4.56. The van der Waals surface area contributed by atoms with Crippen LogP contribution in [0.15, 0.2) is 36.0 Å². The third-order valence-electron chi connectivity index (χ3n) is 5.15. The standard InChI is InChI=1S/C20H28FNO3/c1-14(2)22(12-18(15(3)23)19(24)25)13-20(9-4-5-10-20)16-7-6-8-17(21)11-16/h6-8,11-12,14-15,23H,4-5,9-10,13H2,1-3H3,(H,24,25)/b18-12+. The van der Waals surface area contributed by atoms with Gasteiger partial charge >= 0.3 is 5.97 Å². The molecule has 5 heteroatoms. The largest absolute Gasteiger partial charge is 0.478 e. The monoisotopic (exact) mass is 349 g/mol. The van der Waals surface area contributed by atoms with Crippen molar-refractivity contribution in [2.24, 2.45) is 0 Å². The summed E-state index contributed by atoms with van der Waals surface area (Å²) in [5.74, 6) is -1.36. The summed E-state index contributed by atoms with van der Waals surface area (Å²) in [6.45, 7) is 6.05. The maximum Gasteiger partial charge on any atom is 0.335 e. The molecule has 0 heterocycles. The number of aliphatic hydroxyl groups excluding tert-OH is 1. The molecule has 138 valence electrons. The summed E-state index contributed by atoms with van der Waals surface area (Å²) >= 11 is 0. The minimum absolute atomic E-state index is 0.0268. The van der Waals surface area contributed by atoms with Crippen molar-refractivity contribution >= 4 is 5.97 Å². The zero-order valence-corrected chi connectivity index (χ0v) is 15.2. The number of aliphatic hydroxyl groups is 1. The van der Waals surface area contributed by atoms with Crippen molar-refractivity contribution in [3.63, 3.8) is 0 Å². The molecule has 0 saturated heterocycles. The van der Waals surface area contributed by atoms with Crippen LogP contribution in [-0.4, -0.2) is 39.8 Å². The lowest BCUT2D eigenvalue weighted by Gasteiger charge is -2.38. The molecule has 2 N–H and O–H groups in total. The fourth-order valence-electron chi connectivity index (χ4n) is 3.66. The molecule has 2 rings (SSSR count). The number of hydrogen-bond acceptors (Lipinski definition) is 3. The summed E-state index contributed by atoms with van der Waals surface area (Å²) in [5.41, 5.74) is 0.754. The normalized spacial score (nSPS) is 18.4. The maximum atomic E-state index is 13.8. The van der Waals surface area contributed by atoms with Crippen molar-refractivity contribution in [1.29, 1.82) is 0 Å². The topological polar surface area (TPSA) is 60.8 Å². The highest BCUT2D eigenvalue weighted by Gasteiger charge is 2.37. The minimum Gasteiger partial charge on any atom is -0.478 e. The zero-order valence-electron chi connectivity index (χ0n) is 15.2. The van der Waals surface area contributed by atoms with E-state index in [2.05, 4.69) is 0 Å². The van der Waals surface area contributed by atoms with Gasteiger partial charge in [0.15, 0.2) is 0 Å². The first-order chi connectivity index (χ1) is 11.7. The lowest BCUT2D eigenvalue weighted by molar-refractivity contribution is -0.133.